The van der Waals surface area contributed by atoms with Gasteiger partial charge in [0.15, 0.2) is 0 Å². The normalized spacial score (nSPS) is 12.5. The number of nitrogens with two attached hydrogens (primary N) is 1. The highest BCUT2D eigenvalue weighted by Crippen LogP contribution is 2.32. The van der Waals surface area contributed by atoms with Crippen molar-refractivity contribution in [1.82, 2.24) is 10.2 Å². The Bertz CT molecular complexity index is 304. The number of anilines is 1. The molecule has 0 spiro atoms. The molecule has 0 radical (unpaired) electrons. The van der Waals surface area contributed by atoms with Crippen molar-refractivity contribution in [2.75, 3.05) is 5.73 Å². The topological polar surface area (TPSA) is 54.7 Å². The summed E-state index contributed by atoms with van der Waals surface area (Å²) in [6.07, 6.45) is -2.44. The maximum atomic E-state index is 12.6. The van der Waals surface area contributed by atoms with E-state index in [4.69, 9.17) is 5.73 Å². The van der Waals surface area contributed by atoms with Gasteiger partial charge in [0.05, 0.1) is 11.1 Å². The van der Waals surface area contributed by atoms with E-state index in [-0.39, 0.29) is 5.82 Å². The molecule has 0 saturated carbocycles. The first-order valence-electron chi connectivity index (χ1n) is 3.96. The zero-order valence-corrected chi connectivity index (χ0v) is 7.86. The second-order valence-electron chi connectivity index (χ2n) is 3.63. The number of aromatic nitrogens is 2. The Kier molecular flexibility index (Phi) is 2.28. The molecule has 0 saturated heterocycles. The van der Waals surface area contributed by atoms with Crippen LogP contribution in [-0.2, 0) is 5.41 Å². The van der Waals surface area contributed by atoms with Gasteiger partial charge in [-0.3, -0.25) is 5.10 Å². The number of nitrogens with zero attached hydrogens (tertiary/aromatic N) is 1. The third kappa shape index (κ3) is 1.50. The molecular formula is C8H13F2N3. The first-order chi connectivity index (χ1) is 5.87. The summed E-state index contributed by atoms with van der Waals surface area (Å²) in [4.78, 5) is 0. The largest absolute Gasteiger partial charge is 0.382 e. The molecule has 0 atom stereocenters. The molecule has 0 aliphatic heterocycles. The fraction of sp³-hybridized carbons (Fsp3) is 0.625. The second-order valence-corrected chi connectivity index (χ2v) is 3.63. The number of nitrogens with one attached hydrogen (secondary N) is 1. The van der Waals surface area contributed by atoms with Gasteiger partial charge >= 0.3 is 0 Å². The molecule has 3 nitrogen and oxygen atoms in total. The summed E-state index contributed by atoms with van der Waals surface area (Å²) >= 11 is 0. The quantitative estimate of drug-likeness (QED) is 0.745. The van der Waals surface area contributed by atoms with E-state index in [2.05, 4.69) is 10.2 Å². The first kappa shape index (κ1) is 9.95. The Morgan fingerprint density at radius 3 is 2.31 bits per heavy atom. The fourth-order valence-electron chi connectivity index (χ4n) is 1.15. The van der Waals surface area contributed by atoms with E-state index < -0.39 is 11.8 Å². The lowest BCUT2D eigenvalue weighted by molar-refractivity contribution is 0.0667. The van der Waals surface area contributed by atoms with Gasteiger partial charge in [-0.1, -0.05) is 0 Å². The maximum absolute atomic E-state index is 12.6. The number of halogens is 2. The Hall–Kier alpha value is -1.13. The van der Waals surface area contributed by atoms with Crippen molar-refractivity contribution in [1.29, 1.82) is 0 Å². The van der Waals surface area contributed by atoms with Crippen LogP contribution in [0.25, 0.3) is 0 Å². The van der Waals surface area contributed by atoms with Crippen LogP contribution in [0.15, 0.2) is 0 Å². The minimum Gasteiger partial charge on any atom is -0.382 e. The summed E-state index contributed by atoms with van der Waals surface area (Å²) in [7, 11) is 0. The lowest BCUT2D eigenvalue weighted by atomic mass is 9.88. The minimum atomic E-state index is -2.44. The minimum absolute atomic E-state index is 0.281. The molecule has 3 N–H and O–H groups in total. The van der Waals surface area contributed by atoms with Crippen molar-refractivity contribution in [3.8, 4) is 0 Å². The molecule has 0 aliphatic carbocycles. The molecule has 13 heavy (non-hydrogen) atoms. The van der Waals surface area contributed by atoms with Gasteiger partial charge in [0.2, 0.25) is 6.43 Å². The number of H-pyrrole nitrogens is 1. The third-order valence-electron chi connectivity index (χ3n) is 2.24. The van der Waals surface area contributed by atoms with E-state index in [0.29, 0.717) is 11.3 Å². The summed E-state index contributed by atoms with van der Waals surface area (Å²) < 4.78 is 25.2. The van der Waals surface area contributed by atoms with Gasteiger partial charge in [-0.25, -0.2) is 8.78 Å². The van der Waals surface area contributed by atoms with Crippen LogP contribution in [0.5, 0.6) is 0 Å². The van der Waals surface area contributed by atoms with Crippen LogP contribution in [0.4, 0.5) is 14.6 Å². The zero-order chi connectivity index (χ0) is 10.2. The van der Waals surface area contributed by atoms with Crippen molar-refractivity contribution < 1.29 is 8.78 Å². The van der Waals surface area contributed by atoms with Crippen LogP contribution in [0, 0.1) is 6.92 Å². The molecule has 5 heteroatoms. The number of rotatable bonds is 2. The number of hydrogen-bond donors (Lipinski definition) is 2. The average molecular weight is 189 g/mol. The molecule has 0 fully saturated rings. The summed E-state index contributed by atoms with van der Waals surface area (Å²) in [5, 5.41) is 6.22. The van der Waals surface area contributed by atoms with Crippen LogP contribution in [0.3, 0.4) is 0 Å². The van der Waals surface area contributed by atoms with Crippen LogP contribution in [0.2, 0.25) is 0 Å². The SMILES string of the molecule is Cc1c(N)n[nH]c1C(C)(C)C(F)F. The summed E-state index contributed by atoms with van der Waals surface area (Å²) in [6, 6.07) is 0. The highest BCUT2D eigenvalue weighted by molar-refractivity contribution is 5.43. The monoisotopic (exact) mass is 189 g/mol. The van der Waals surface area contributed by atoms with Gasteiger partial charge < -0.3 is 5.73 Å². The van der Waals surface area contributed by atoms with Crippen LogP contribution in [-0.4, -0.2) is 16.6 Å². The van der Waals surface area contributed by atoms with Gasteiger partial charge in [0.1, 0.15) is 5.82 Å². The smallest absolute Gasteiger partial charge is 0.249 e. The molecular weight excluding hydrogens is 176 g/mol. The Morgan fingerprint density at radius 2 is 2.00 bits per heavy atom. The van der Waals surface area contributed by atoms with Crippen LogP contribution >= 0.6 is 0 Å². The van der Waals surface area contributed by atoms with Crippen molar-refractivity contribution >= 4 is 5.82 Å². The van der Waals surface area contributed by atoms with Crippen molar-refractivity contribution in [2.24, 2.45) is 0 Å². The Balaban J connectivity index is 3.14. The van der Waals surface area contributed by atoms with E-state index in [1.807, 2.05) is 0 Å². The first-order valence-corrected chi connectivity index (χ1v) is 3.96. The van der Waals surface area contributed by atoms with Gasteiger partial charge in [-0.2, -0.15) is 5.10 Å². The number of nitrogen functional groups attached to an aromatic ring is 1. The second kappa shape index (κ2) is 2.97. The van der Waals surface area contributed by atoms with Gasteiger partial charge in [-0.15, -0.1) is 0 Å². The van der Waals surface area contributed by atoms with Gasteiger partial charge in [0.25, 0.3) is 0 Å². The zero-order valence-electron chi connectivity index (χ0n) is 7.86. The van der Waals surface area contributed by atoms with Crippen molar-refractivity contribution in [3.05, 3.63) is 11.3 Å². The van der Waals surface area contributed by atoms with Crippen LogP contribution < -0.4 is 5.73 Å². The van der Waals surface area contributed by atoms with E-state index in [1.165, 1.54) is 13.8 Å². The molecule has 0 aliphatic rings. The highest BCUT2D eigenvalue weighted by atomic mass is 19.3. The summed E-state index contributed by atoms with van der Waals surface area (Å²) in [5.41, 5.74) is 5.23. The van der Waals surface area contributed by atoms with E-state index >= 15 is 0 Å². The predicted octanol–water partition coefficient (Wildman–Crippen LogP) is 1.84. The van der Waals surface area contributed by atoms with E-state index in [0.717, 1.165) is 0 Å². The lowest BCUT2D eigenvalue weighted by Gasteiger charge is -2.22. The van der Waals surface area contributed by atoms with E-state index in [1.54, 1.807) is 6.92 Å². The summed E-state index contributed by atoms with van der Waals surface area (Å²) in [5.74, 6) is 0.281. The molecule has 0 unspecified atom stereocenters. The number of aromatic amines is 1. The summed E-state index contributed by atoms with van der Waals surface area (Å²) in [6.45, 7) is 4.59. The van der Waals surface area contributed by atoms with Crippen molar-refractivity contribution in [2.45, 2.75) is 32.6 Å². The predicted molar refractivity (Wildman–Crippen MR) is 46.8 cm³/mol. The van der Waals surface area contributed by atoms with E-state index in [9.17, 15) is 8.78 Å². The number of hydrogen-bond acceptors (Lipinski definition) is 2. The van der Waals surface area contributed by atoms with Gasteiger partial charge in [-0.05, 0) is 20.8 Å². The maximum Gasteiger partial charge on any atom is 0.249 e. The lowest BCUT2D eigenvalue weighted by Crippen LogP contribution is -2.28. The number of alkyl halides is 2. The molecule has 0 amide bonds. The standard InChI is InChI=1S/C8H13F2N3/c1-4-5(12-13-6(4)11)8(2,3)7(9)10/h7H,1-3H3,(H3,11,12,13). The van der Waals surface area contributed by atoms with Crippen molar-refractivity contribution in [3.63, 3.8) is 0 Å². The highest BCUT2D eigenvalue weighted by Gasteiger charge is 2.35. The average Bonchev–Trinajstić information content (AvgIpc) is 2.33. The Labute approximate surface area is 75.3 Å². The molecule has 1 aromatic rings. The molecule has 0 bridgehead atoms. The van der Waals surface area contributed by atoms with Gasteiger partial charge in [0, 0.05) is 5.56 Å². The molecule has 0 aromatic carbocycles. The Morgan fingerprint density at radius 1 is 1.46 bits per heavy atom. The molecule has 1 heterocycles. The molecule has 74 valence electrons. The molecule has 1 aromatic heterocycles. The molecule has 1 rings (SSSR count). The van der Waals surface area contributed by atoms with Crippen LogP contribution in [0.1, 0.15) is 25.1 Å². The third-order valence-corrected chi connectivity index (χ3v) is 2.24. The fourth-order valence-corrected chi connectivity index (χ4v) is 1.15.